The summed E-state index contributed by atoms with van der Waals surface area (Å²) in [6, 6.07) is 7.68. The van der Waals surface area contributed by atoms with E-state index in [9.17, 15) is 4.79 Å². The second-order valence-electron chi connectivity index (χ2n) is 3.94. The monoisotopic (exact) mass is 332 g/mol. The Bertz CT molecular complexity index is 820. The molecule has 0 fully saturated rings. The quantitative estimate of drug-likeness (QED) is 0.503. The second-order valence-corrected chi connectivity index (χ2v) is 4.85. The highest BCUT2D eigenvalue weighted by Gasteiger charge is 2.05. The second kappa shape index (κ2) is 5.25. The number of benzene rings is 1. The Morgan fingerprint density at radius 1 is 1.30 bits per heavy atom. The van der Waals surface area contributed by atoms with Crippen LogP contribution in [-0.2, 0) is 0 Å². The molecule has 0 spiro atoms. The molecule has 0 atom stereocenters. The van der Waals surface area contributed by atoms with Crippen LogP contribution >= 0.6 is 15.9 Å². The van der Waals surface area contributed by atoms with Crippen molar-refractivity contribution in [2.24, 2.45) is 5.10 Å². The molecule has 0 aliphatic heterocycles. The van der Waals surface area contributed by atoms with Gasteiger partial charge in [0.1, 0.15) is 0 Å². The lowest BCUT2D eigenvalue weighted by molar-refractivity contribution is 1.15. The van der Waals surface area contributed by atoms with Crippen LogP contribution < -0.4 is 11.0 Å². The Balaban J connectivity index is 1.78. The Kier molecular flexibility index (Phi) is 3.30. The van der Waals surface area contributed by atoms with Gasteiger partial charge in [-0.15, -0.1) is 0 Å². The van der Waals surface area contributed by atoms with Gasteiger partial charge in [0.2, 0.25) is 5.95 Å². The topological polar surface area (TPSA) is 98.8 Å². The molecule has 20 heavy (non-hydrogen) atoms. The molecule has 7 nitrogen and oxygen atoms in total. The molecule has 0 radical (unpaired) electrons. The zero-order chi connectivity index (χ0) is 13.9. The van der Waals surface area contributed by atoms with Gasteiger partial charge in [-0.2, -0.15) is 10.1 Å². The standard InChI is InChI=1S/C12H9BrN6O/c13-8-3-1-7(2-4-8)5-16-19-12-17-9-10(18-12)14-6-15-11(9)20/h1-6H,(H3,14,15,17,18,19,20)/b16-5+. The average molecular weight is 333 g/mol. The molecule has 8 heteroatoms. The Morgan fingerprint density at radius 2 is 2.10 bits per heavy atom. The maximum absolute atomic E-state index is 11.5. The van der Waals surface area contributed by atoms with Crippen molar-refractivity contribution in [1.29, 1.82) is 0 Å². The summed E-state index contributed by atoms with van der Waals surface area (Å²) in [5, 5.41) is 4.04. The van der Waals surface area contributed by atoms with Crippen LogP contribution in [0, 0.1) is 0 Å². The molecule has 3 aromatic rings. The highest BCUT2D eigenvalue weighted by Crippen LogP contribution is 2.09. The third kappa shape index (κ3) is 2.59. The lowest BCUT2D eigenvalue weighted by atomic mass is 10.2. The number of nitrogens with zero attached hydrogens (tertiary/aromatic N) is 3. The predicted octanol–water partition coefficient (Wildman–Crippen LogP) is 1.85. The van der Waals surface area contributed by atoms with Crippen molar-refractivity contribution in [1.82, 2.24) is 19.9 Å². The van der Waals surface area contributed by atoms with E-state index in [0.717, 1.165) is 10.0 Å². The predicted molar refractivity (Wildman–Crippen MR) is 79.9 cm³/mol. The number of anilines is 1. The van der Waals surface area contributed by atoms with E-state index in [1.165, 1.54) is 6.33 Å². The number of aromatic nitrogens is 4. The number of H-pyrrole nitrogens is 2. The first-order valence-electron chi connectivity index (χ1n) is 5.70. The van der Waals surface area contributed by atoms with Gasteiger partial charge in [0, 0.05) is 4.47 Å². The first kappa shape index (κ1) is 12.5. The van der Waals surface area contributed by atoms with Crippen molar-refractivity contribution in [3.63, 3.8) is 0 Å². The van der Waals surface area contributed by atoms with Crippen molar-refractivity contribution in [2.45, 2.75) is 0 Å². The SMILES string of the molecule is O=c1[nH]cnc2nc(N/N=C/c3ccc(Br)cc3)[nH]c12. The summed E-state index contributed by atoms with van der Waals surface area (Å²) in [7, 11) is 0. The summed E-state index contributed by atoms with van der Waals surface area (Å²) in [4.78, 5) is 24.8. The molecule has 0 aliphatic rings. The summed E-state index contributed by atoms with van der Waals surface area (Å²) >= 11 is 3.36. The van der Waals surface area contributed by atoms with E-state index in [4.69, 9.17) is 0 Å². The smallest absolute Gasteiger partial charge is 0.276 e. The maximum Gasteiger partial charge on any atom is 0.276 e. The largest absolute Gasteiger partial charge is 0.317 e. The number of hydrogen-bond acceptors (Lipinski definition) is 5. The summed E-state index contributed by atoms with van der Waals surface area (Å²) < 4.78 is 1.00. The van der Waals surface area contributed by atoms with Crippen LogP contribution in [0.3, 0.4) is 0 Å². The van der Waals surface area contributed by atoms with Crippen molar-refractivity contribution in [3.8, 4) is 0 Å². The molecule has 3 N–H and O–H groups in total. The number of halogens is 1. The Morgan fingerprint density at radius 3 is 2.85 bits per heavy atom. The number of hydrogen-bond donors (Lipinski definition) is 3. The molecule has 3 rings (SSSR count). The highest BCUT2D eigenvalue weighted by molar-refractivity contribution is 9.10. The fourth-order valence-corrected chi connectivity index (χ4v) is 1.87. The van der Waals surface area contributed by atoms with Gasteiger partial charge in [0.25, 0.3) is 5.56 Å². The average Bonchev–Trinajstić information content (AvgIpc) is 2.85. The van der Waals surface area contributed by atoms with E-state index in [0.29, 0.717) is 17.1 Å². The van der Waals surface area contributed by atoms with Gasteiger partial charge in [0.05, 0.1) is 12.5 Å². The Labute approximate surface area is 121 Å². The van der Waals surface area contributed by atoms with E-state index < -0.39 is 0 Å². The van der Waals surface area contributed by atoms with E-state index >= 15 is 0 Å². The van der Waals surface area contributed by atoms with Crippen LogP contribution in [0.5, 0.6) is 0 Å². The molecule has 2 aromatic heterocycles. The number of hydrazone groups is 1. The number of rotatable bonds is 3. The summed E-state index contributed by atoms with van der Waals surface area (Å²) in [6.07, 6.45) is 2.96. The summed E-state index contributed by atoms with van der Waals surface area (Å²) in [6.45, 7) is 0. The van der Waals surface area contributed by atoms with Gasteiger partial charge in [-0.05, 0) is 17.7 Å². The minimum absolute atomic E-state index is 0.271. The molecule has 0 saturated carbocycles. The highest BCUT2D eigenvalue weighted by atomic mass is 79.9. The molecule has 0 aliphatic carbocycles. The van der Waals surface area contributed by atoms with E-state index in [1.54, 1.807) is 6.21 Å². The fraction of sp³-hybridized carbons (Fsp3) is 0. The lowest BCUT2D eigenvalue weighted by Crippen LogP contribution is -2.05. The Hall–Kier alpha value is -2.48. The maximum atomic E-state index is 11.5. The molecule has 0 amide bonds. The summed E-state index contributed by atoms with van der Waals surface area (Å²) in [5.41, 5.74) is 4.05. The minimum Gasteiger partial charge on any atom is -0.317 e. The molecule has 100 valence electrons. The van der Waals surface area contributed by atoms with Crippen LogP contribution in [-0.4, -0.2) is 26.2 Å². The van der Waals surface area contributed by atoms with Crippen molar-refractivity contribution in [3.05, 3.63) is 51.0 Å². The van der Waals surface area contributed by atoms with Gasteiger partial charge in [-0.1, -0.05) is 28.1 Å². The van der Waals surface area contributed by atoms with Crippen LogP contribution in [0.4, 0.5) is 5.95 Å². The molecule has 2 heterocycles. The first-order valence-corrected chi connectivity index (χ1v) is 6.50. The lowest BCUT2D eigenvalue weighted by Gasteiger charge is -1.94. The number of nitrogens with one attached hydrogen (secondary N) is 3. The molecule has 0 saturated heterocycles. The third-order valence-corrected chi connectivity index (χ3v) is 3.08. The van der Waals surface area contributed by atoms with Gasteiger partial charge >= 0.3 is 0 Å². The number of imidazole rings is 1. The van der Waals surface area contributed by atoms with Gasteiger partial charge in [0.15, 0.2) is 11.2 Å². The minimum atomic E-state index is -0.271. The van der Waals surface area contributed by atoms with Gasteiger partial charge in [-0.25, -0.2) is 10.4 Å². The third-order valence-electron chi connectivity index (χ3n) is 2.55. The van der Waals surface area contributed by atoms with Crippen molar-refractivity contribution in [2.75, 3.05) is 5.43 Å². The van der Waals surface area contributed by atoms with Crippen LogP contribution in [0.25, 0.3) is 11.2 Å². The fourth-order valence-electron chi connectivity index (χ4n) is 1.61. The molecule has 0 unspecified atom stereocenters. The summed E-state index contributed by atoms with van der Waals surface area (Å²) in [5.74, 6) is 0.359. The van der Waals surface area contributed by atoms with E-state index in [-0.39, 0.29) is 5.56 Å². The van der Waals surface area contributed by atoms with Gasteiger partial charge < -0.3 is 9.97 Å². The first-order chi connectivity index (χ1) is 9.72. The van der Waals surface area contributed by atoms with Crippen molar-refractivity contribution >= 4 is 39.3 Å². The normalized spacial score (nSPS) is 11.2. The van der Waals surface area contributed by atoms with Crippen molar-refractivity contribution < 1.29 is 0 Å². The zero-order valence-corrected chi connectivity index (χ0v) is 11.7. The van der Waals surface area contributed by atoms with Crippen LogP contribution in [0.2, 0.25) is 0 Å². The molecular formula is C12H9BrN6O. The van der Waals surface area contributed by atoms with E-state index in [2.05, 4.69) is 46.4 Å². The molecular weight excluding hydrogens is 324 g/mol. The van der Waals surface area contributed by atoms with Crippen LogP contribution in [0.15, 0.2) is 45.0 Å². The van der Waals surface area contributed by atoms with E-state index in [1.807, 2.05) is 24.3 Å². The number of aromatic amines is 2. The molecule has 0 bridgehead atoms. The van der Waals surface area contributed by atoms with Gasteiger partial charge in [-0.3, -0.25) is 4.79 Å². The zero-order valence-electron chi connectivity index (χ0n) is 10.1. The van der Waals surface area contributed by atoms with Crippen LogP contribution in [0.1, 0.15) is 5.56 Å². The number of fused-ring (bicyclic) bond motifs is 1. The molecule has 1 aromatic carbocycles.